The second kappa shape index (κ2) is 6.65. The molecule has 0 aliphatic heterocycles. The molecule has 2 aromatic rings. The van der Waals surface area contributed by atoms with Gasteiger partial charge in [-0.3, -0.25) is 14.9 Å². The number of hydrogen-bond acceptors (Lipinski definition) is 4. The molecular weight excluding hydrogens is 270 g/mol. The van der Waals surface area contributed by atoms with Crippen molar-refractivity contribution in [3.05, 3.63) is 64.2 Å². The normalized spacial score (nSPS) is 10.1. The van der Waals surface area contributed by atoms with Crippen LogP contribution in [0.25, 0.3) is 0 Å². The lowest BCUT2D eigenvalue weighted by Crippen LogP contribution is -1.97. The molecule has 0 spiro atoms. The Morgan fingerprint density at radius 3 is 2.05 bits per heavy atom. The number of ether oxygens (including phenoxy) is 1. The highest BCUT2D eigenvalue weighted by Crippen LogP contribution is 2.24. The molecule has 0 radical (unpaired) electrons. The van der Waals surface area contributed by atoms with E-state index in [2.05, 4.69) is 0 Å². The number of nitro benzene ring substituents is 1. The maximum Gasteiger partial charge on any atom is 0.269 e. The van der Waals surface area contributed by atoms with Crippen LogP contribution in [0.3, 0.4) is 0 Å². The molecule has 0 saturated heterocycles. The quantitative estimate of drug-likeness (QED) is 0.449. The SMILES string of the molecule is CCCC(=O)c1ccc(Oc2ccc([N+](=O)[O-])cc2)cc1. The van der Waals surface area contributed by atoms with E-state index in [1.807, 2.05) is 6.92 Å². The number of rotatable bonds is 6. The molecule has 0 bridgehead atoms. The zero-order valence-corrected chi connectivity index (χ0v) is 11.6. The van der Waals surface area contributed by atoms with Crippen LogP contribution in [-0.4, -0.2) is 10.7 Å². The predicted octanol–water partition coefficient (Wildman–Crippen LogP) is 4.37. The van der Waals surface area contributed by atoms with Gasteiger partial charge in [-0.15, -0.1) is 0 Å². The number of benzene rings is 2. The van der Waals surface area contributed by atoms with Crippen molar-refractivity contribution in [1.29, 1.82) is 0 Å². The topological polar surface area (TPSA) is 69.4 Å². The van der Waals surface area contributed by atoms with Gasteiger partial charge < -0.3 is 4.74 Å². The third-order valence-corrected chi connectivity index (χ3v) is 2.94. The second-order valence-corrected chi connectivity index (χ2v) is 4.55. The Labute approximate surface area is 122 Å². The summed E-state index contributed by atoms with van der Waals surface area (Å²) in [6.45, 7) is 1.96. The number of nitro groups is 1. The summed E-state index contributed by atoms with van der Waals surface area (Å²) in [5.74, 6) is 1.20. The molecule has 0 heterocycles. The largest absolute Gasteiger partial charge is 0.457 e. The van der Waals surface area contributed by atoms with Crippen molar-refractivity contribution in [1.82, 2.24) is 0 Å². The molecular formula is C16H15NO4. The van der Waals surface area contributed by atoms with Gasteiger partial charge in [0, 0.05) is 24.1 Å². The number of carbonyl (C=O) groups is 1. The zero-order valence-electron chi connectivity index (χ0n) is 11.6. The number of Topliss-reactive ketones (excluding diaryl/α,β-unsaturated/α-hetero) is 1. The van der Waals surface area contributed by atoms with Crippen molar-refractivity contribution in [3.63, 3.8) is 0 Å². The van der Waals surface area contributed by atoms with Gasteiger partial charge in [-0.2, -0.15) is 0 Å². The van der Waals surface area contributed by atoms with E-state index in [0.717, 1.165) is 6.42 Å². The van der Waals surface area contributed by atoms with E-state index in [-0.39, 0.29) is 11.5 Å². The van der Waals surface area contributed by atoms with Gasteiger partial charge in [-0.1, -0.05) is 6.92 Å². The smallest absolute Gasteiger partial charge is 0.269 e. The maximum atomic E-state index is 11.7. The second-order valence-electron chi connectivity index (χ2n) is 4.55. The third kappa shape index (κ3) is 3.89. The van der Waals surface area contributed by atoms with Gasteiger partial charge in [0.25, 0.3) is 5.69 Å². The van der Waals surface area contributed by atoms with Crippen molar-refractivity contribution in [2.45, 2.75) is 19.8 Å². The standard InChI is InChI=1S/C16H15NO4/c1-2-3-16(18)12-4-8-14(9-5-12)21-15-10-6-13(7-11-15)17(19)20/h4-11H,2-3H2,1H3. The van der Waals surface area contributed by atoms with Crippen LogP contribution in [0.4, 0.5) is 5.69 Å². The van der Waals surface area contributed by atoms with Crippen LogP contribution in [0.1, 0.15) is 30.1 Å². The number of nitrogens with zero attached hydrogens (tertiary/aromatic N) is 1. The van der Waals surface area contributed by atoms with E-state index < -0.39 is 4.92 Å². The Balaban J connectivity index is 2.06. The summed E-state index contributed by atoms with van der Waals surface area (Å²) in [7, 11) is 0. The molecule has 21 heavy (non-hydrogen) atoms. The first kappa shape index (κ1) is 14.7. The lowest BCUT2D eigenvalue weighted by atomic mass is 10.1. The molecule has 0 aromatic heterocycles. The van der Waals surface area contributed by atoms with E-state index in [0.29, 0.717) is 23.5 Å². The zero-order chi connectivity index (χ0) is 15.2. The Kier molecular flexibility index (Phi) is 4.66. The fourth-order valence-corrected chi connectivity index (χ4v) is 1.85. The minimum Gasteiger partial charge on any atom is -0.457 e. The lowest BCUT2D eigenvalue weighted by molar-refractivity contribution is -0.384. The first-order valence-corrected chi connectivity index (χ1v) is 6.65. The van der Waals surface area contributed by atoms with Gasteiger partial charge in [-0.25, -0.2) is 0 Å². The van der Waals surface area contributed by atoms with Crippen LogP contribution < -0.4 is 4.74 Å². The van der Waals surface area contributed by atoms with Crippen LogP contribution in [0, 0.1) is 10.1 Å². The van der Waals surface area contributed by atoms with Gasteiger partial charge >= 0.3 is 0 Å². The number of carbonyl (C=O) groups excluding carboxylic acids is 1. The van der Waals surface area contributed by atoms with Gasteiger partial charge in [0.1, 0.15) is 11.5 Å². The highest BCUT2D eigenvalue weighted by Gasteiger charge is 2.07. The number of ketones is 1. The molecule has 0 unspecified atom stereocenters. The van der Waals surface area contributed by atoms with Crippen molar-refractivity contribution in [3.8, 4) is 11.5 Å². The van der Waals surface area contributed by atoms with Crippen molar-refractivity contribution in [2.75, 3.05) is 0 Å². The van der Waals surface area contributed by atoms with E-state index >= 15 is 0 Å². The highest BCUT2D eigenvalue weighted by atomic mass is 16.6. The van der Waals surface area contributed by atoms with E-state index in [9.17, 15) is 14.9 Å². The van der Waals surface area contributed by atoms with Gasteiger partial charge in [0.2, 0.25) is 0 Å². The molecule has 5 heteroatoms. The molecule has 2 rings (SSSR count). The monoisotopic (exact) mass is 285 g/mol. The van der Waals surface area contributed by atoms with Crippen LogP contribution in [0.15, 0.2) is 48.5 Å². The molecule has 0 amide bonds. The minimum absolute atomic E-state index is 0.0165. The first-order chi connectivity index (χ1) is 10.1. The number of hydrogen-bond donors (Lipinski definition) is 0. The Morgan fingerprint density at radius 2 is 1.57 bits per heavy atom. The van der Waals surface area contributed by atoms with Gasteiger partial charge in [0.05, 0.1) is 4.92 Å². The summed E-state index contributed by atoms with van der Waals surface area (Å²) in [6.07, 6.45) is 1.35. The molecule has 0 aliphatic carbocycles. The fraction of sp³-hybridized carbons (Fsp3) is 0.188. The molecule has 0 fully saturated rings. The van der Waals surface area contributed by atoms with E-state index in [4.69, 9.17) is 4.74 Å². The summed E-state index contributed by atoms with van der Waals surface area (Å²) in [6, 6.07) is 12.7. The summed E-state index contributed by atoms with van der Waals surface area (Å²) in [4.78, 5) is 21.8. The lowest BCUT2D eigenvalue weighted by Gasteiger charge is -2.06. The summed E-state index contributed by atoms with van der Waals surface area (Å²) >= 11 is 0. The highest BCUT2D eigenvalue weighted by molar-refractivity contribution is 5.96. The van der Waals surface area contributed by atoms with E-state index in [1.165, 1.54) is 24.3 Å². The third-order valence-electron chi connectivity index (χ3n) is 2.94. The predicted molar refractivity (Wildman–Crippen MR) is 78.9 cm³/mol. The van der Waals surface area contributed by atoms with Crippen molar-refractivity contribution >= 4 is 11.5 Å². The first-order valence-electron chi connectivity index (χ1n) is 6.65. The number of non-ortho nitro benzene ring substituents is 1. The molecule has 108 valence electrons. The van der Waals surface area contributed by atoms with E-state index in [1.54, 1.807) is 24.3 Å². The van der Waals surface area contributed by atoms with Gasteiger partial charge in [-0.05, 0) is 42.8 Å². The summed E-state index contributed by atoms with van der Waals surface area (Å²) < 4.78 is 5.57. The molecule has 5 nitrogen and oxygen atoms in total. The van der Waals surface area contributed by atoms with Crippen molar-refractivity contribution < 1.29 is 14.5 Å². The van der Waals surface area contributed by atoms with Crippen LogP contribution in [0.5, 0.6) is 11.5 Å². The van der Waals surface area contributed by atoms with Crippen molar-refractivity contribution in [2.24, 2.45) is 0 Å². The van der Waals surface area contributed by atoms with Crippen LogP contribution in [-0.2, 0) is 0 Å². The Bertz CT molecular complexity index is 632. The Hall–Kier alpha value is -2.69. The van der Waals surface area contributed by atoms with Gasteiger partial charge in [0.15, 0.2) is 5.78 Å². The molecule has 0 aliphatic rings. The van der Waals surface area contributed by atoms with Crippen LogP contribution in [0.2, 0.25) is 0 Å². The summed E-state index contributed by atoms with van der Waals surface area (Å²) in [5, 5.41) is 10.6. The molecule has 0 atom stereocenters. The summed E-state index contributed by atoms with van der Waals surface area (Å²) in [5.41, 5.74) is 0.677. The fourth-order valence-electron chi connectivity index (χ4n) is 1.85. The molecule has 0 N–H and O–H groups in total. The molecule has 2 aromatic carbocycles. The average Bonchev–Trinajstić information content (AvgIpc) is 2.49. The molecule has 0 saturated carbocycles. The minimum atomic E-state index is -0.460. The van der Waals surface area contributed by atoms with Crippen LogP contribution >= 0.6 is 0 Å². The maximum absolute atomic E-state index is 11.7. The average molecular weight is 285 g/mol. The Morgan fingerprint density at radius 1 is 1.05 bits per heavy atom.